The molecule has 5 nitrogen and oxygen atoms in total. The quantitative estimate of drug-likeness (QED) is 0.754. The van der Waals surface area contributed by atoms with Crippen molar-refractivity contribution in [3.63, 3.8) is 0 Å². The lowest BCUT2D eigenvalue weighted by Crippen LogP contribution is -2.19. The Hall–Kier alpha value is -2.30. The minimum Gasteiger partial charge on any atom is -0.493 e. The number of ether oxygens (including phenoxy) is 1. The second-order valence-corrected chi connectivity index (χ2v) is 7.72. The van der Waals surface area contributed by atoms with Crippen LogP contribution in [-0.4, -0.2) is 22.2 Å². The highest BCUT2D eigenvalue weighted by atomic mass is 16.5. The summed E-state index contributed by atoms with van der Waals surface area (Å²) in [6.07, 6.45) is 3.31. The SMILES string of the molecule is Cc1cc2c(=O)c(C(=O)O)cn(CCC(C)C)c2cc1OCCC(C)C. The van der Waals surface area contributed by atoms with E-state index in [1.807, 2.05) is 17.6 Å². The number of fused-ring (bicyclic) bond motifs is 1. The largest absolute Gasteiger partial charge is 0.493 e. The first-order valence-corrected chi connectivity index (χ1v) is 9.24. The smallest absolute Gasteiger partial charge is 0.341 e. The van der Waals surface area contributed by atoms with E-state index < -0.39 is 11.4 Å². The predicted octanol–water partition coefficient (Wildman–Crippen LogP) is 4.48. The first-order valence-electron chi connectivity index (χ1n) is 9.24. The molecule has 0 radical (unpaired) electrons. The van der Waals surface area contributed by atoms with Gasteiger partial charge in [0.2, 0.25) is 5.43 Å². The molecule has 0 saturated heterocycles. The van der Waals surface area contributed by atoms with Gasteiger partial charge in [-0.3, -0.25) is 4.79 Å². The third-order valence-electron chi connectivity index (χ3n) is 4.51. The molecule has 2 aromatic rings. The van der Waals surface area contributed by atoms with Crippen LogP contribution < -0.4 is 10.2 Å². The fraction of sp³-hybridized carbons (Fsp3) is 0.524. The monoisotopic (exact) mass is 359 g/mol. The number of carboxylic acids is 1. The highest BCUT2D eigenvalue weighted by molar-refractivity contribution is 5.93. The number of aromatic carboxylic acids is 1. The second-order valence-electron chi connectivity index (χ2n) is 7.72. The van der Waals surface area contributed by atoms with E-state index in [2.05, 4.69) is 27.7 Å². The van der Waals surface area contributed by atoms with Gasteiger partial charge in [-0.15, -0.1) is 0 Å². The molecule has 0 spiro atoms. The fourth-order valence-electron chi connectivity index (χ4n) is 2.82. The van der Waals surface area contributed by atoms with Gasteiger partial charge in [0.15, 0.2) is 0 Å². The molecular weight excluding hydrogens is 330 g/mol. The van der Waals surface area contributed by atoms with Crippen LogP contribution in [0.25, 0.3) is 10.9 Å². The number of aromatic nitrogens is 1. The van der Waals surface area contributed by atoms with Crippen molar-refractivity contribution in [2.75, 3.05) is 6.61 Å². The molecule has 0 unspecified atom stereocenters. The average Bonchev–Trinajstić information content (AvgIpc) is 2.54. The summed E-state index contributed by atoms with van der Waals surface area (Å²) >= 11 is 0. The summed E-state index contributed by atoms with van der Waals surface area (Å²) in [7, 11) is 0. The van der Waals surface area contributed by atoms with Crippen molar-refractivity contribution in [3.05, 3.63) is 39.7 Å². The molecule has 5 heteroatoms. The van der Waals surface area contributed by atoms with Crippen molar-refractivity contribution >= 4 is 16.9 Å². The Morgan fingerprint density at radius 2 is 1.81 bits per heavy atom. The van der Waals surface area contributed by atoms with E-state index in [0.29, 0.717) is 30.4 Å². The molecule has 0 aliphatic rings. The summed E-state index contributed by atoms with van der Waals surface area (Å²) in [5.41, 5.74) is 0.946. The summed E-state index contributed by atoms with van der Waals surface area (Å²) in [4.78, 5) is 24.1. The summed E-state index contributed by atoms with van der Waals surface area (Å²) in [5, 5.41) is 9.81. The van der Waals surface area contributed by atoms with Crippen molar-refractivity contribution in [1.82, 2.24) is 4.57 Å². The third-order valence-corrected chi connectivity index (χ3v) is 4.51. The van der Waals surface area contributed by atoms with Crippen LogP contribution in [0, 0.1) is 18.8 Å². The van der Waals surface area contributed by atoms with E-state index >= 15 is 0 Å². The molecule has 0 amide bonds. The number of carbonyl (C=O) groups is 1. The van der Waals surface area contributed by atoms with Gasteiger partial charge in [-0.2, -0.15) is 0 Å². The first kappa shape index (κ1) is 20.0. The molecular formula is C21H29NO4. The fourth-order valence-corrected chi connectivity index (χ4v) is 2.82. The van der Waals surface area contributed by atoms with E-state index in [9.17, 15) is 14.7 Å². The highest BCUT2D eigenvalue weighted by Crippen LogP contribution is 2.25. The maximum absolute atomic E-state index is 12.6. The normalized spacial score (nSPS) is 11.5. The van der Waals surface area contributed by atoms with Gasteiger partial charge in [0, 0.05) is 24.2 Å². The summed E-state index contributed by atoms with van der Waals surface area (Å²) in [6.45, 7) is 11.7. The molecule has 0 aliphatic heterocycles. The summed E-state index contributed by atoms with van der Waals surface area (Å²) in [5.74, 6) is 0.590. The Morgan fingerprint density at radius 1 is 1.15 bits per heavy atom. The maximum Gasteiger partial charge on any atom is 0.341 e. The molecule has 2 rings (SSSR count). The lowest BCUT2D eigenvalue weighted by Gasteiger charge is -2.17. The molecule has 1 aromatic heterocycles. The predicted molar refractivity (Wildman–Crippen MR) is 104 cm³/mol. The van der Waals surface area contributed by atoms with Crippen LogP contribution in [0.3, 0.4) is 0 Å². The zero-order chi connectivity index (χ0) is 19.4. The van der Waals surface area contributed by atoms with Crippen LogP contribution in [-0.2, 0) is 6.54 Å². The Bertz CT molecular complexity index is 849. The van der Waals surface area contributed by atoms with Crippen LogP contribution >= 0.6 is 0 Å². The van der Waals surface area contributed by atoms with Crippen LogP contribution in [0.15, 0.2) is 23.1 Å². The van der Waals surface area contributed by atoms with Crippen molar-refractivity contribution in [2.24, 2.45) is 11.8 Å². The van der Waals surface area contributed by atoms with Gasteiger partial charge in [-0.05, 0) is 43.2 Å². The molecule has 1 aromatic carbocycles. The average molecular weight is 359 g/mol. The lowest BCUT2D eigenvalue weighted by molar-refractivity contribution is 0.0695. The second kappa shape index (κ2) is 8.39. The first-order chi connectivity index (χ1) is 12.2. The van der Waals surface area contributed by atoms with Gasteiger partial charge in [0.25, 0.3) is 0 Å². The van der Waals surface area contributed by atoms with Gasteiger partial charge in [0.1, 0.15) is 11.3 Å². The topological polar surface area (TPSA) is 68.5 Å². The molecule has 0 aliphatic carbocycles. The van der Waals surface area contributed by atoms with E-state index in [4.69, 9.17) is 4.74 Å². The number of aryl methyl sites for hydroxylation is 2. The molecule has 0 saturated carbocycles. The molecule has 1 heterocycles. The van der Waals surface area contributed by atoms with E-state index in [0.717, 1.165) is 29.7 Å². The minimum atomic E-state index is -1.19. The number of nitrogens with zero attached hydrogens (tertiary/aromatic N) is 1. The summed E-state index contributed by atoms with van der Waals surface area (Å²) < 4.78 is 7.79. The molecule has 0 atom stereocenters. The molecule has 142 valence electrons. The molecule has 1 N–H and O–H groups in total. The number of hydrogen-bond donors (Lipinski definition) is 1. The van der Waals surface area contributed by atoms with Crippen LogP contribution in [0.5, 0.6) is 5.75 Å². The Balaban J connectivity index is 2.55. The summed E-state index contributed by atoms with van der Waals surface area (Å²) in [6, 6.07) is 3.62. The maximum atomic E-state index is 12.6. The van der Waals surface area contributed by atoms with Gasteiger partial charge < -0.3 is 14.4 Å². The Kier molecular flexibility index (Phi) is 6.46. The zero-order valence-corrected chi connectivity index (χ0v) is 16.3. The Morgan fingerprint density at radius 3 is 2.38 bits per heavy atom. The van der Waals surface area contributed by atoms with Gasteiger partial charge >= 0.3 is 5.97 Å². The molecule has 26 heavy (non-hydrogen) atoms. The highest BCUT2D eigenvalue weighted by Gasteiger charge is 2.16. The van der Waals surface area contributed by atoms with E-state index in [1.165, 1.54) is 6.20 Å². The van der Waals surface area contributed by atoms with Crippen LogP contribution in [0.1, 0.15) is 56.5 Å². The molecule has 0 bridgehead atoms. The zero-order valence-electron chi connectivity index (χ0n) is 16.3. The number of rotatable bonds is 8. The number of pyridine rings is 1. The lowest BCUT2D eigenvalue weighted by atomic mass is 10.1. The van der Waals surface area contributed by atoms with E-state index in [1.54, 1.807) is 6.07 Å². The van der Waals surface area contributed by atoms with E-state index in [-0.39, 0.29) is 5.56 Å². The number of hydrogen-bond acceptors (Lipinski definition) is 3. The van der Waals surface area contributed by atoms with Gasteiger partial charge in [0.05, 0.1) is 12.1 Å². The molecule has 0 fully saturated rings. The minimum absolute atomic E-state index is 0.186. The van der Waals surface area contributed by atoms with Crippen molar-refractivity contribution in [1.29, 1.82) is 0 Å². The van der Waals surface area contributed by atoms with Crippen molar-refractivity contribution < 1.29 is 14.6 Å². The number of benzene rings is 1. The van der Waals surface area contributed by atoms with Gasteiger partial charge in [-0.1, -0.05) is 27.7 Å². The van der Waals surface area contributed by atoms with Gasteiger partial charge in [-0.25, -0.2) is 4.79 Å². The van der Waals surface area contributed by atoms with Crippen molar-refractivity contribution in [3.8, 4) is 5.75 Å². The standard InChI is InChI=1S/C21H29NO4/c1-13(2)6-8-22-12-17(21(24)25)20(23)16-10-15(5)19(11-18(16)22)26-9-7-14(3)4/h10-14H,6-9H2,1-5H3,(H,24,25). The Labute approximate surface area is 154 Å². The third kappa shape index (κ3) is 4.65. The number of carboxylic acid groups (broad SMARTS) is 1. The van der Waals surface area contributed by atoms with Crippen LogP contribution in [0.2, 0.25) is 0 Å². The van der Waals surface area contributed by atoms with Crippen molar-refractivity contribution in [2.45, 2.75) is 54.0 Å². The van der Waals surface area contributed by atoms with Crippen LogP contribution in [0.4, 0.5) is 0 Å².